The molecule has 1 rings (SSSR count). The number of aromatic nitrogens is 2. The van der Waals surface area contributed by atoms with Crippen molar-refractivity contribution in [3.63, 3.8) is 0 Å². The van der Waals surface area contributed by atoms with Crippen LogP contribution in [-0.4, -0.2) is 26.9 Å². The molecule has 0 aliphatic heterocycles. The van der Waals surface area contributed by atoms with Gasteiger partial charge in [0.15, 0.2) is 0 Å². The quantitative estimate of drug-likeness (QED) is 0.648. The van der Waals surface area contributed by atoms with Crippen molar-refractivity contribution >= 4 is 33.4 Å². The van der Waals surface area contributed by atoms with E-state index in [1.165, 1.54) is 0 Å². The Balaban J connectivity index is 2.35. The summed E-state index contributed by atoms with van der Waals surface area (Å²) >= 11 is 4.64. The third kappa shape index (κ3) is 4.17. The normalized spacial score (nSPS) is 12.4. The molecule has 90 valence electrons. The van der Waals surface area contributed by atoms with Gasteiger partial charge in [0, 0.05) is 11.4 Å². The predicted octanol–water partition coefficient (Wildman–Crippen LogP) is 2.39. The maximum Gasteiger partial charge on any atom is 0.264 e. The number of carbonyl (C=O) groups excluding carboxylic acids is 1. The zero-order valence-electron chi connectivity index (χ0n) is 9.49. The molecule has 0 aromatic carbocycles. The zero-order chi connectivity index (χ0) is 12.0. The summed E-state index contributed by atoms with van der Waals surface area (Å²) in [5, 5.41) is 6.80. The van der Waals surface area contributed by atoms with Crippen molar-refractivity contribution in [2.75, 3.05) is 6.54 Å². The monoisotopic (exact) mass is 305 g/mol. The molecule has 1 aromatic rings. The smallest absolute Gasteiger partial charge is 0.264 e. The Kier molecular flexibility index (Phi) is 5.90. The van der Waals surface area contributed by atoms with Gasteiger partial charge in [0.2, 0.25) is 0 Å². The average Bonchev–Trinajstić information content (AvgIpc) is 2.71. The van der Waals surface area contributed by atoms with Crippen molar-refractivity contribution in [1.29, 1.82) is 0 Å². The third-order valence-electron chi connectivity index (χ3n) is 2.16. The minimum Gasteiger partial charge on any atom is -0.351 e. The molecule has 1 aromatic heterocycles. The third-order valence-corrected chi connectivity index (χ3v) is 3.39. The van der Waals surface area contributed by atoms with Crippen molar-refractivity contribution in [1.82, 2.24) is 14.9 Å². The molecule has 1 N–H and O–H groups in total. The van der Waals surface area contributed by atoms with Crippen LogP contribution < -0.4 is 5.32 Å². The van der Waals surface area contributed by atoms with Gasteiger partial charge in [-0.1, -0.05) is 34.3 Å². The Morgan fingerprint density at radius 1 is 1.62 bits per heavy atom. The minimum absolute atomic E-state index is 0.0472. The minimum atomic E-state index is -0.0472. The summed E-state index contributed by atoms with van der Waals surface area (Å²) in [7, 11) is 0. The molecule has 0 radical (unpaired) electrons. The van der Waals surface area contributed by atoms with Gasteiger partial charge < -0.3 is 5.32 Å². The van der Waals surface area contributed by atoms with Gasteiger partial charge in [0.1, 0.15) is 4.88 Å². The molecule has 0 spiro atoms. The van der Waals surface area contributed by atoms with Gasteiger partial charge in [0.05, 0.1) is 5.69 Å². The van der Waals surface area contributed by atoms with E-state index in [1.807, 2.05) is 6.92 Å². The number of nitrogens with one attached hydrogen (secondary N) is 1. The fourth-order valence-corrected chi connectivity index (χ4v) is 2.27. The highest BCUT2D eigenvalue weighted by atomic mass is 79.9. The van der Waals surface area contributed by atoms with Crippen LogP contribution in [0.5, 0.6) is 0 Å². The van der Waals surface area contributed by atoms with E-state index in [4.69, 9.17) is 0 Å². The van der Waals surface area contributed by atoms with E-state index in [0.717, 1.165) is 36.5 Å². The van der Waals surface area contributed by atoms with E-state index in [2.05, 4.69) is 37.8 Å². The van der Waals surface area contributed by atoms with Crippen molar-refractivity contribution < 1.29 is 4.79 Å². The number of nitrogens with zero attached hydrogens (tertiary/aromatic N) is 2. The Bertz CT molecular complexity index is 341. The Morgan fingerprint density at radius 3 is 3.00 bits per heavy atom. The number of carbonyl (C=O) groups is 1. The number of rotatable bonds is 6. The summed E-state index contributed by atoms with van der Waals surface area (Å²) < 4.78 is 3.79. The molecule has 1 atom stereocenters. The molecule has 1 amide bonds. The van der Waals surface area contributed by atoms with Gasteiger partial charge in [-0.25, -0.2) is 0 Å². The number of alkyl halides is 1. The van der Waals surface area contributed by atoms with Gasteiger partial charge in [-0.15, -0.1) is 5.10 Å². The van der Waals surface area contributed by atoms with Gasteiger partial charge in [-0.05, 0) is 30.8 Å². The molecular formula is C10H16BrN3OS. The molecule has 1 unspecified atom stereocenters. The lowest BCUT2D eigenvalue weighted by atomic mass is 10.2. The van der Waals surface area contributed by atoms with Crippen molar-refractivity contribution in [3.8, 4) is 0 Å². The van der Waals surface area contributed by atoms with Crippen LogP contribution in [-0.2, 0) is 6.42 Å². The molecule has 0 saturated heterocycles. The lowest BCUT2D eigenvalue weighted by molar-refractivity contribution is 0.0956. The molecule has 0 bridgehead atoms. The second-order valence-electron chi connectivity index (χ2n) is 3.58. The highest BCUT2D eigenvalue weighted by Crippen LogP contribution is 2.11. The van der Waals surface area contributed by atoms with E-state index in [9.17, 15) is 4.79 Å². The van der Waals surface area contributed by atoms with Crippen LogP contribution in [0, 0.1) is 0 Å². The Morgan fingerprint density at radius 2 is 2.38 bits per heavy atom. The fraction of sp³-hybridized carbons (Fsp3) is 0.700. The zero-order valence-corrected chi connectivity index (χ0v) is 11.9. The first-order chi connectivity index (χ1) is 7.65. The summed E-state index contributed by atoms with van der Waals surface area (Å²) in [5.74, 6) is -0.0472. The highest BCUT2D eigenvalue weighted by molar-refractivity contribution is 9.09. The number of amides is 1. The van der Waals surface area contributed by atoms with Crippen LogP contribution in [0.2, 0.25) is 0 Å². The van der Waals surface area contributed by atoms with Gasteiger partial charge in [-0.3, -0.25) is 4.79 Å². The number of aryl methyl sites for hydroxylation is 1. The summed E-state index contributed by atoms with van der Waals surface area (Å²) in [6, 6.07) is 0. The second kappa shape index (κ2) is 6.96. The topological polar surface area (TPSA) is 54.9 Å². The molecule has 6 heteroatoms. The molecular weight excluding hydrogens is 290 g/mol. The maximum absolute atomic E-state index is 11.7. The van der Waals surface area contributed by atoms with Crippen LogP contribution >= 0.6 is 27.5 Å². The van der Waals surface area contributed by atoms with Crippen molar-refractivity contribution in [2.45, 2.75) is 37.9 Å². The van der Waals surface area contributed by atoms with E-state index < -0.39 is 0 Å². The Hall–Kier alpha value is -0.490. The van der Waals surface area contributed by atoms with E-state index >= 15 is 0 Å². The SMILES string of the molecule is CCc1nnsc1C(=O)NCCCC(C)Br. The standard InChI is InChI=1S/C10H16BrN3OS/c1-3-8-9(16-14-13-8)10(15)12-6-4-5-7(2)11/h7H,3-6H2,1-2H3,(H,12,15). The highest BCUT2D eigenvalue weighted by Gasteiger charge is 2.13. The van der Waals surface area contributed by atoms with Crippen LogP contribution in [0.4, 0.5) is 0 Å². The van der Waals surface area contributed by atoms with Crippen LogP contribution in [0.15, 0.2) is 0 Å². The Labute approximate surface area is 108 Å². The van der Waals surface area contributed by atoms with Gasteiger partial charge in [0.25, 0.3) is 5.91 Å². The first-order valence-corrected chi connectivity index (χ1v) is 7.07. The lowest BCUT2D eigenvalue weighted by Gasteiger charge is -2.05. The molecule has 4 nitrogen and oxygen atoms in total. The molecule has 0 aliphatic rings. The van der Waals surface area contributed by atoms with E-state index in [0.29, 0.717) is 16.2 Å². The fourth-order valence-electron chi connectivity index (χ4n) is 1.28. The molecule has 16 heavy (non-hydrogen) atoms. The first kappa shape index (κ1) is 13.6. The van der Waals surface area contributed by atoms with Gasteiger partial charge >= 0.3 is 0 Å². The summed E-state index contributed by atoms with van der Waals surface area (Å²) in [5.41, 5.74) is 0.788. The second-order valence-corrected chi connectivity index (χ2v) is 5.90. The van der Waals surface area contributed by atoms with Crippen LogP contribution in [0.25, 0.3) is 0 Å². The summed E-state index contributed by atoms with van der Waals surface area (Å²) in [6.45, 7) is 4.78. The summed E-state index contributed by atoms with van der Waals surface area (Å²) in [4.78, 5) is 12.9. The average molecular weight is 306 g/mol. The number of hydrogen-bond acceptors (Lipinski definition) is 4. The molecule has 0 fully saturated rings. The van der Waals surface area contributed by atoms with E-state index in [-0.39, 0.29) is 5.91 Å². The number of hydrogen-bond donors (Lipinski definition) is 1. The van der Waals surface area contributed by atoms with E-state index in [1.54, 1.807) is 0 Å². The van der Waals surface area contributed by atoms with Crippen molar-refractivity contribution in [3.05, 3.63) is 10.6 Å². The van der Waals surface area contributed by atoms with Crippen molar-refractivity contribution in [2.24, 2.45) is 0 Å². The summed E-state index contributed by atoms with van der Waals surface area (Å²) in [6.07, 6.45) is 2.78. The molecule has 1 heterocycles. The van der Waals surface area contributed by atoms with Gasteiger partial charge in [-0.2, -0.15) is 0 Å². The predicted molar refractivity (Wildman–Crippen MR) is 69.2 cm³/mol. The van der Waals surface area contributed by atoms with Crippen LogP contribution in [0.1, 0.15) is 42.1 Å². The molecule has 0 aliphatic carbocycles. The maximum atomic E-state index is 11.7. The first-order valence-electron chi connectivity index (χ1n) is 5.38. The largest absolute Gasteiger partial charge is 0.351 e. The lowest BCUT2D eigenvalue weighted by Crippen LogP contribution is -2.24. The molecule has 0 saturated carbocycles. The number of halogens is 1. The van der Waals surface area contributed by atoms with Crippen LogP contribution in [0.3, 0.4) is 0 Å².